The lowest BCUT2D eigenvalue weighted by atomic mass is 9.69. The van der Waals surface area contributed by atoms with Crippen molar-refractivity contribution < 1.29 is 8.42 Å². The van der Waals surface area contributed by atoms with E-state index in [1.807, 2.05) is 6.07 Å². The molecule has 2 fully saturated rings. The van der Waals surface area contributed by atoms with E-state index in [4.69, 9.17) is 0 Å². The topological polar surface area (TPSA) is 50.3 Å². The number of aromatic nitrogens is 1. The minimum Gasteiger partial charge on any atom is -0.260 e. The zero-order valence-corrected chi connectivity index (χ0v) is 11.4. The standard InChI is InChI=1S/C13H18N2O2S/c1-13-7-5-11(13)6-9-15(13)18(16,17)10-12-4-2-3-8-14-12/h2-4,8,11H,5-7,9-10H2,1H3/t11-,13-/m0/s1. The van der Waals surface area contributed by atoms with Gasteiger partial charge in [0.25, 0.3) is 0 Å². The summed E-state index contributed by atoms with van der Waals surface area (Å²) in [7, 11) is -3.23. The summed E-state index contributed by atoms with van der Waals surface area (Å²) >= 11 is 0. The Kier molecular flexibility index (Phi) is 2.71. The van der Waals surface area contributed by atoms with Crippen LogP contribution in [0.2, 0.25) is 0 Å². The SMILES string of the molecule is C[C@]12CC[C@H]1CCN2S(=O)(=O)Cc1ccccn1. The van der Waals surface area contributed by atoms with E-state index in [9.17, 15) is 8.42 Å². The first kappa shape index (κ1) is 12.1. The van der Waals surface area contributed by atoms with Gasteiger partial charge in [0.2, 0.25) is 10.0 Å². The van der Waals surface area contributed by atoms with Gasteiger partial charge in [0.05, 0.1) is 5.69 Å². The van der Waals surface area contributed by atoms with Gasteiger partial charge in [-0.15, -0.1) is 0 Å². The van der Waals surface area contributed by atoms with E-state index in [2.05, 4.69) is 11.9 Å². The predicted octanol–water partition coefficient (Wildman–Crippen LogP) is 1.79. The fourth-order valence-electron chi connectivity index (χ4n) is 3.28. The van der Waals surface area contributed by atoms with E-state index in [0.29, 0.717) is 18.2 Å². The van der Waals surface area contributed by atoms with E-state index in [1.165, 1.54) is 6.42 Å². The summed E-state index contributed by atoms with van der Waals surface area (Å²) in [5.41, 5.74) is 0.511. The van der Waals surface area contributed by atoms with Crippen LogP contribution in [0.3, 0.4) is 0 Å². The minimum absolute atomic E-state index is 0.0240. The molecular formula is C13H18N2O2S. The van der Waals surface area contributed by atoms with Crippen molar-refractivity contribution in [2.75, 3.05) is 6.54 Å². The molecule has 1 aromatic heterocycles. The zero-order valence-electron chi connectivity index (χ0n) is 10.5. The molecule has 5 heteroatoms. The predicted molar refractivity (Wildman–Crippen MR) is 69.3 cm³/mol. The van der Waals surface area contributed by atoms with Crippen LogP contribution in [0.25, 0.3) is 0 Å². The minimum atomic E-state index is -3.23. The number of hydrogen-bond acceptors (Lipinski definition) is 3. The Morgan fingerprint density at radius 2 is 2.28 bits per heavy atom. The quantitative estimate of drug-likeness (QED) is 0.838. The molecule has 0 bridgehead atoms. The summed E-state index contributed by atoms with van der Waals surface area (Å²) in [6.45, 7) is 2.76. The van der Waals surface area contributed by atoms with Crippen molar-refractivity contribution in [3.05, 3.63) is 30.1 Å². The highest BCUT2D eigenvalue weighted by atomic mass is 32.2. The van der Waals surface area contributed by atoms with E-state index in [1.54, 1.807) is 22.6 Å². The first-order valence-corrected chi connectivity index (χ1v) is 8.04. The number of hydrogen-bond donors (Lipinski definition) is 0. The van der Waals surface area contributed by atoms with E-state index >= 15 is 0 Å². The van der Waals surface area contributed by atoms with Crippen LogP contribution in [0.5, 0.6) is 0 Å². The van der Waals surface area contributed by atoms with Crippen LogP contribution >= 0.6 is 0 Å². The molecule has 1 aliphatic heterocycles. The fraction of sp³-hybridized carbons (Fsp3) is 0.615. The lowest BCUT2D eigenvalue weighted by molar-refractivity contribution is 0.0941. The Labute approximate surface area is 108 Å². The van der Waals surface area contributed by atoms with Gasteiger partial charge >= 0.3 is 0 Å². The maximum atomic E-state index is 12.5. The summed E-state index contributed by atoms with van der Waals surface area (Å²) in [5, 5.41) is 0. The highest BCUT2D eigenvalue weighted by Crippen LogP contribution is 2.51. The lowest BCUT2D eigenvalue weighted by Gasteiger charge is -2.46. The second-order valence-corrected chi connectivity index (χ2v) is 7.42. The average molecular weight is 266 g/mol. The Bertz CT molecular complexity index is 543. The molecule has 0 N–H and O–H groups in total. The van der Waals surface area contributed by atoms with Crippen LogP contribution in [0.1, 0.15) is 31.9 Å². The van der Waals surface area contributed by atoms with Crippen molar-refractivity contribution in [3.63, 3.8) is 0 Å². The Hall–Kier alpha value is -0.940. The number of sulfonamides is 1. The van der Waals surface area contributed by atoms with Crippen molar-refractivity contribution in [3.8, 4) is 0 Å². The summed E-state index contributed by atoms with van der Waals surface area (Å²) in [6, 6.07) is 5.40. The van der Waals surface area contributed by atoms with Crippen molar-refractivity contribution in [2.24, 2.45) is 5.92 Å². The van der Waals surface area contributed by atoms with Gasteiger partial charge in [-0.25, -0.2) is 8.42 Å². The second kappa shape index (κ2) is 4.03. The van der Waals surface area contributed by atoms with Crippen LogP contribution in [0, 0.1) is 5.92 Å². The lowest BCUT2D eigenvalue weighted by Crippen LogP contribution is -2.54. The molecule has 18 heavy (non-hydrogen) atoms. The van der Waals surface area contributed by atoms with Crippen LogP contribution in [0.4, 0.5) is 0 Å². The third kappa shape index (κ3) is 1.77. The number of pyridine rings is 1. The Morgan fingerprint density at radius 1 is 1.44 bits per heavy atom. The molecule has 0 unspecified atom stereocenters. The molecule has 2 atom stereocenters. The molecule has 0 spiro atoms. The van der Waals surface area contributed by atoms with Gasteiger partial charge in [0.1, 0.15) is 5.75 Å². The third-order valence-electron chi connectivity index (χ3n) is 4.52. The van der Waals surface area contributed by atoms with Gasteiger partial charge in [0.15, 0.2) is 0 Å². The molecule has 4 nitrogen and oxygen atoms in total. The molecule has 98 valence electrons. The normalized spacial score (nSPS) is 31.9. The van der Waals surface area contributed by atoms with Gasteiger partial charge in [-0.2, -0.15) is 4.31 Å². The van der Waals surface area contributed by atoms with Gasteiger partial charge in [-0.3, -0.25) is 4.98 Å². The van der Waals surface area contributed by atoms with Gasteiger partial charge in [-0.05, 0) is 44.2 Å². The number of fused-ring (bicyclic) bond motifs is 1. The Balaban J connectivity index is 1.83. The van der Waals surface area contributed by atoms with Crippen LogP contribution in [0.15, 0.2) is 24.4 Å². The van der Waals surface area contributed by atoms with Crippen LogP contribution in [-0.2, 0) is 15.8 Å². The van der Waals surface area contributed by atoms with Crippen molar-refractivity contribution >= 4 is 10.0 Å². The highest BCUT2D eigenvalue weighted by Gasteiger charge is 2.55. The summed E-state index contributed by atoms with van der Waals surface area (Å²) < 4.78 is 26.7. The molecular weight excluding hydrogens is 248 g/mol. The van der Waals surface area contributed by atoms with Crippen LogP contribution in [-0.4, -0.2) is 29.8 Å². The molecule has 2 heterocycles. The summed E-state index contributed by atoms with van der Waals surface area (Å²) in [5.74, 6) is 0.590. The van der Waals surface area contributed by atoms with E-state index in [-0.39, 0.29) is 11.3 Å². The second-order valence-electron chi connectivity index (χ2n) is 5.53. The van der Waals surface area contributed by atoms with Crippen molar-refractivity contribution in [1.82, 2.24) is 9.29 Å². The van der Waals surface area contributed by atoms with E-state index < -0.39 is 10.0 Å². The largest absolute Gasteiger partial charge is 0.260 e. The molecule has 1 saturated heterocycles. The van der Waals surface area contributed by atoms with Crippen molar-refractivity contribution in [1.29, 1.82) is 0 Å². The molecule has 1 aromatic rings. The molecule has 0 amide bonds. The molecule has 0 radical (unpaired) electrons. The number of rotatable bonds is 3. The Morgan fingerprint density at radius 3 is 2.83 bits per heavy atom. The van der Waals surface area contributed by atoms with Gasteiger partial charge in [-0.1, -0.05) is 6.07 Å². The maximum absolute atomic E-state index is 12.5. The zero-order chi connectivity index (χ0) is 12.8. The molecule has 1 saturated carbocycles. The van der Waals surface area contributed by atoms with Gasteiger partial charge < -0.3 is 0 Å². The summed E-state index contributed by atoms with van der Waals surface area (Å²) in [6.07, 6.45) is 4.83. The third-order valence-corrected chi connectivity index (χ3v) is 6.45. The fourth-order valence-corrected chi connectivity index (χ4v) is 5.24. The highest BCUT2D eigenvalue weighted by molar-refractivity contribution is 7.88. The van der Waals surface area contributed by atoms with Crippen molar-refractivity contribution in [2.45, 2.75) is 37.5 Å². The van der Waals surface area contributed by atoms with Gasteiger partial charge in [0, 0.05) is 18.3 Å². The van der Waals surface area contributed by atoms with Crippen LogP contribution < -0.4 is 0 Å². The molecule has 0 aromatic carbocycles. The first-order valence-electron chi connectivity index (χ1n) is 6.43. The average Bonchev–Trinajstić information content (AvgIpc) is 2.54. The number of nitrogens with zero attached hydrogens (tertiary/aromatic N) is 2. The van der Waals surface area contributed by atoms with E-state index in [0.717, 1.165) is 12.8 Å². The molecule has 3 rings (SSSR count). The maximum Gasteiger partial charge on any atom is 0.220 e. The smallest absolute Gasteiger partial charge is 0.220 e. The summed E-state index contributed by atoms with van der Waals surface area (Å²) in [4.78, 5) is 4.11. The first-order chi connectivity index (χ1) is 8.52. The monoisotopic (exact) mass is 266 g/mol. The molecule has 1 aliphatic carbocycles. The molecule has 2 aliphatic rings.